The molecule has 0 radical (unpaired) electrons. The molecule has 0 aromatic carbocycles. The van der Waals surface area contributed by atoms with Crippen molar-refractivity contribution in [3.05, 3.63) is 53.4 Å². The van der Waals surface area contributed by atoms with Crippen LogP contribution in [0.5, 0.6) is 0 Å². The molecule has 10 nitrogen and oxygen atoms in total. The summed E-state index contributed by atoms with van der Waals surface area (Å²) in [7, 11) is 0. The highest BCUT2D eigenvalue weighted by Crippen LogP contribution is 2.24. The summed E-state index contributed by atoms with van der Waals surface area (Å²) in [5.74, 6) is 1.18. The molecule has 0 aliphatic rings. The van der Waals surface area contributed by atoms with Gasteiger partial charge in [-0.05, 0) is 26.8 Å². The molecule has 0 aliphatic heterocycles. The number of nitrogen functional groups attached to an aromatic ring is 1. The highest BCUT2D eigenvalue weighted by atomic mass is 16.3. The molecule has 0 saturated carbocycles. The van der Waals surface area contributed by atoms with Crippen molar-refractivity contribution in [2.45, 2.75) is 39.5 Å². The van der Waals surface area contributed by atoms with Crippen LogP contribution in [0.2, 0.25) is 0 Å². The highest BCUT2D eigenvalue weighted by Gasteiger charge is 2.18. The molecule has 0 fully saturated rings. The molecule has 0 amide bonds. The summed E-state index contributed by atoms with van der Waals surface area (Å²) < 4.78 is 6.84. The third kappa shape index (κ3) is 3.80. The number of nitrogens with zero attached hydrogens (tertiary/aromatic N) is 6. The number of aromatic nitrogens is 6. The maximum absolute atomic E-state index is 10.00. The second-order valence-corrected chi connectivity index (χ2v) is 7.25. The highest BCUT2D eigenvalue weighted by molar-refractivity contribution is 5.65. The maximum Gasteiger partial charge on any atom is 0.245 e. The van der Waals surface area contributed by atoms with Crippen molar-refractivity contribution < 1.29 is 9.52 Å². The van der Waals surface area contributed by atoms with Crippen LogP contribution in [-0.4, -0.2) is 34.7 Å². The number of hydrogen-bond acceptors (Lipinski definition) is 9. The van der Waals surface area contributed by atoms with Crippen LogP contribution in [0.1, 0.15) is 36.5 Å². The Labute approximate surface area is 166 Å². The maximum atomic E-state index is 10.00. The van der Waals surface area contributed by atoms with Gasteiger partial charge in [0.25, 0.3) is 0 Å². The van der Waals surface area contributed by atoms with E-state index in [-0.39, 0.29) is 5.95 Å². The van der Waals surface area contributed by atoms with Gasteiger partial charge in [-0.15, -0.1) is 5.10 Å². The van der Waals surface area contributed by atoms with Crippen molar-refractivity contribution in [1.82, 2.24) is 34.9 Å². The molecule has 0 saturated heterocycles. The predicted molar refractivity (Wildman–Crippen MR) is 105 cm³/mol. The van der Waals surface area contributed by atoms with Gasteiger partial charge < -0.3 is 20.6 Å². The Morgan fingerprint density at radius 3 is 2.69 bits per heavy atom. The molecule has 4 heterocycles. The monoisotopic (exact) mass is 394 g/mol. The molecular weight excluding hydrogens is 372 g/mol. The van der Waals surface area contributed by atoms with Gasteiger partial charge in [0.2, 0.25) is 11.8 Å². The van der Waals surface area contributed by atoms with Crippen LogP contribution in [0.15, 0.2) is 35.2 Å². The molecule has 0 atom stereocenters. The van der Waals surface area contributed by atoms with E-state index in [4.69, 9.17) is 10.2 Å². The van der Waals surface area contributed by atoms with Gasteiger partial charge in [-0.2, -0.15) is 4.52 Å². The fourth-order valence-corrected chi connectivity index (χ4v) is 2.93. The van der Waals surface area contributed by atoms with E-state index in [1.54, 1.807) is 26.2 Å². The number of anilines is 1. The predicted octanol–water partition coefficient (Wildman–Crippen LogP) is 1.58. The van der Waals surface area contributed by atoms with Crippen LogP contribution in [-0.2, 0) is 18.7 Å². The molecule has 29 heavy (non-hydrogen) atoms. The third-order valence-electron chi connectivity index (χ3n) is 4.54. The Bertz CT molecular complexity index is 1130. The van der Waals surface area contributed by atoms with Crippen molar-refractivity contribution in [2.75, 3.05) is 5.73 Å². The van der Waals surface area contributed by atoms with Crippen LogP contribution in [0.25, 0.3) is 17.2 Å². The normalized spacial score (nSPS) is 12.0. The van der Waals surface area contributed by atoms with E-state index < -0.39 is 5.60 Å². The summed E-state index contributed by atoms with van der Waals surface area (Å²) in [6.07, 6.45) is 4.72. The van der Waals surface area contributed by atoms with E-state index in [2.05, 4.69) is 30.4 Å². The minimum absolute atomic E-state index is 0.210. The van der Waals surface area contributed by atoms with Gasteiger partial charge in [-0.25, -0.2) is 15.0 Å². The lowest BCUT2D eigenvalue weighted by Crippen LogP contribution is -2.17. The van der Waals surface area contributed by atoms with Gasteiger partial charge in [0.15, 0.2) is 11.5 Å². The van der Waals surface area contributed by atoms with Gasteiger partial charge in [-0.1, -0.05) is 6.07 Å². The number of aryl methyl sites for hydroxylation is 1. The first-order valence-corrected chi connectivity index (χ1v) is 9.13. The summed E-state index contributed by atoms with van der Waals surface area (Å²) in [5.41, 5.74) is 8.69. The first-order chi connectivity index (χ1) is 13.8. The number of rotatable bonds is 6. The van der Waals surface area contributed by atoms with Gasteiger partial charge >= 0.3 is 0 Å². The Morgan fingerprint density at radius 1 is 1.21 bits per heavy atom. The van der Waals surface area contributed by atoms with Crippen molar-refractivity contribution in [3.8, 4) is 11.6 Å². The number of aliphatic hydroxyl groups is 1. The number of pyridine rings is 1. The van der Waals surface area contributed by atoms with Crippen molar-refractivity contribution in [2.24, 2.45) is 0 Å². The van der Waals surface area contributed by atoms with Crippen LogP contribution in [0.3, 0.4) is 0 Å². The zero-order chi connectivity index (χ0) is 20.6. The van der Waals surface area contributed by atoms with E-state index in [1.807, 2.05) is 19.1 Å². The average Bonchev–Trinajstić information content (AvgIpc) is 3.35. The molecule has 4 aromatic rings. The zero-order valence-electron chi connectivity index (χ0n) is 16.4. The summed E-state index contributed by atoms with van der Waals surface area (Å²) in [5, 5.41) is 17.7. The quantitative estimate of drug-likeness (QED) is 0.444. The lowest BCUT2D eigenvalue weighted by Gasteiger charge is -2.17. The van der Waals surface area contributed by atoms with Crippen LogP contribution in [0, 0.1) is 6.92 Å². The molecule has 10 heteroatoms. The largest absolute Gasteiger partial charge is 0.443 e. The fraction of sp³-hybridized carbons (Fsp3) is 0.316. The van der Waals surface area contributed by atoms with E-state index in [0.29, 0.717) is 36.1 Å². The summed E-state index contributed by atoms with van der Waals surface area (Å²) in [6.45, 7) is 6.31. The van der Waals surface area contributed by atoms with E-state index in [1.165, 1.54) is 10.8 Å². The standard InChI is InChI=1S/C19H22N8O2/c1-11-15(17-22-6-7-29-17)25-18(20)27-16(11)24-14(26-27)10-21-9-13-5-4-12(8-23-13)19(2,3)28/h4-8,21,28H,9-10H2,1-3H3,(H2,20,25). The van der Waals surface area contributed by atoms with Crippen LogP contribution >= 0.6 is 0 Å². The Balaban J connectivity index is 1.49. The number of fused-ring (bicyclic) bond motifs is 1. The minimum Gasteiger partial charge on any atom is -0.443 e. The topological polar surface area (TPSA) is 140 Å². The van der Waals surface area contributed by atoms with Gasteiger partial charge in [0.1, 0.15) is 12.0 Å². The number of oxazole rings is 1. The first kappa shape index (κ1) is 19.0. The van der Waals surface area contributed by atoms with Crippen molar-refractivity contribution in [1.29, 1.82) is 0 Å². The third-order valence-corrected chi connectivity index (χ3v) is 4.54. The fourth-order valence-electron chi connectivity index (χ4n) is 2.93. The number of nitrogens with two attached hydrogens (primary N) is 1. The van der Waals surface area contributed by atoms with Crippen molar-refractivity contribution >= 4 is 11.6 Å². The molecule has 0 aliphatic carbocycles. The first-order valence-electron chi connectivity index (χ1n) is 9.13. The second kappa shape index (κ2) is 7.22. The van der Waals surface area contributed by atoms with E-state index >= 15 is 0 Å². The van der Waals surface area contributed by atoms with Gasteiger partial charge in [0.05, 0.1) is 24.0 Å². The molecule has 4 rings (SSSR count). The number of nitrogens with one attached hydrogen (secondary N) is 1. The molecule has 0 spiro atoms. The lowest BCUT2D eigenvalue weighted by atomic mass is 10.0. The smallest absolute Gasteiger partial charge is 0.245 e. The molecule has 4 aromatic heterocycles. The SMILES string of the molecule is Cc1c(-c2ncco2)nc(N)n2nc(CNCc3ccc(C(C)(C)O)cn3)nc12. The van der Waals surface area contributed by atoms with Gasteiger partial charge in [0, 0.05) is 23.9 Å². The molecular formula is C19H22N8O2. The Hall–Kier alpha value is -3.37. The molecule has 150 valence electrons. The molecule has 0 bridgehead atoms. The summed E-state index contributed by atoms with van der Waals surface area (Å²) in [4.78, 5) is 17.4. The minimum atomic E-state index is -0.907. The Kier molecular flexibility index (Phi) is 4.73. The van der Waals surface area contributed by atoms with Crippen LogP contribution in [0.4, 0.5) is 5.95 Å². The summed E-state index contributed by atoms with van der Waals surface area (Å²) in [6, 6.07) is 3.75. The molecule has 4 N–H and O–H groups in total. The number of hydrogen-bond donors (Lipinski definition) is 3. The average molecular weight is 394 g/mol. The van der Waals surface area contributed by atoms with E-state index in [0.717, 1.165) is 16.8 Å². The second-order valence-electron chi connectivity index (χ2n) is 7.25. The lowest BCUT2D eigenvalue weighted by molar-refractivity contribution is 0.0782. The van der Waals surface area contributed by atoms with Crippen LogP contribution < -0.4 is 11.1 Å². The summed E-state index contributed by atoms with van der Waals surface area (Å²) >= 11 is 0. The van der Waals surface area contributed by atoms with E-state index in [9.17, 15) is 5.11 Å². The molecule has 0 unspecified atom stereocenters. The van der Waals surface area contributed by atoms with Crippen molar-refractivity contribution in [3.63, 3.8) is 0 Å². The van der Waals surface area contributed by atoms with Gasteiger partial charge in [-0.3, -0.25) is 4.98 Å². The zero-order valence-corrected chi connectivity index (χ0v) is 16.4. The Morgan fingerprint density at radius 2 is 2.03 bits per heavy atom.